The van der Waals surface area contributed by atoms with Crippen molar-refractivity contribution in [2.24, 2.45) is 5.92 Å². The molecule has 2 N–H and O–H groups in total. The Hall–Kier alpha value is -2.49. The zero-order valence-electron chi connectivity index (χ0n) is 23.3. The van der Waals surface area contributed by atoms with Crippen LogP contribution in [-0.2, 0) is 33.3 Å². The second-order valence-electron chi connectivity index (χ2n) is 11.1. The average Bonchev–Trinajstić information content (AvgIpc) is 3.42. The van der Waals surface area contributed by atoms with Crippen LogP contribution in [0.4, 0.5) is 0 Å². The maximum absolute atomic E-state index is 12.3. The van der Waals surface area contributed by atoms with Crippen LogP contribution in [0.15, 0.2) is 36.0 Å². The fourth-order valence-electron chi connectivity index (χ4n) is 5.42. The number of carbonyl (C=O) groups excluding carboxylic acids is 2. The van der Waals surface area contributed by atoms with Gasteiger partial charge in [0.2, 0.25) is 5.91 Å². The van der Waals surface area contributed by atoms with Crippen LogP contribution >= 0.6 is 0 Å². The summed E-state index contributed by atoms with van der Waals surface area (Å²) in [6, 6.07) is -0.103. The molecule has 3 rings (SSSR count). The third-order valence-corrected chi connectivity index (χ3v) is 7.65. The van der Waals surface area contributed by atoms with Gasteiger partial charge in [0.1, 0.15) is 6.10 Å². The highest BCUT2D eigenvalue weighted by Gasteiger charge is 2.57. The minimum Gasteiger partial charge on any atom is -0.481 e. The lowest BCUT2D eigenvalue weighted by Crippen LogP contribution is -2.50. The summed E-state index contributed by atoms with van der Waals surface area (Å²) in [5.41, 5.74) is 0.827. The van der Waals surface area contributed by atoms with Crippen molar-refractivity contribution in [2.45, 2.75) is 122 Å². The lowest BCUT2D eigenvalue weighted by atomic mass is 9.87. The summed E-state index contributed by atoms with van der Waals surface area (Å²) < 4.78 is 23.1. The normalized spacial score (nSPS) is 36.4. The summed E-state index contributed by atoms with van der Waals surface area (Å²) in [5.74, 6) is -1.24. The van der Waals surface area contributed by atoms with E-state index in [4.69, 9.17) is 18.9 Å². The SMILES string of the molecule is CC(=O)O[C@@H](C)/C=C\C(=O)N[C@@H]1C[C@H](C)[C@H](C/C=C(C)/C=C/[C@@H]2C[C@]3(CC(CC(=O)O)O2)O[C@@H]3C)O[C@@H]1C. The van der Waals surface area contributed by atoms with Gasteiger partial charge >= 0.3 is 11.9 Å². The summed E-state index contributed by atoms with van der Waals surface area (Å²) in [6.07, 6.45) is 11.1. The van der Waals surface area contributed by atoms with Gasteiger partial charge in [0.25, 0.3) is 0 Å². The minimum absolute atomic E-state index is 0.0166. The van der Waals surface area contributed by atoms with E-state index in [1.165, 1.54) is 13.0 Å². The monoisotopic (exact) mass is 533 g/mol. The van der Waals surface area contributed by atoms with Crippen molar-refractivity contribution in [2.75, 3.05) is 0 Å². The second-order valence-corrected chi connectivity index (χ2v) is 11.1. The summed E-state index contributed by atoms with van der Waals surface area (Å²) in [5, 5.41) is 12.2. The van der Waals surface area contributed by atoms with Crippen LogP contribution in [0, 0.1) is 5.92 Å². The number of aliphatic carboxylic acids is 1. The fourth-order valence-corrected chi connectivity index (χ4v) is 5.42. The Morgan fingerprint density at radius 1 is 1.13 bits per heavy atom. The van der Waals surface area contributed by atoms with E-state index in [1.807, 2.05) is 32.9 Å². The van der Waals surface area contributed by atoms with Crippen LogP contribution in [0.2, 0.25) is 0 Å². The van der Waals surface area contributed by atoms with Crippen LogP contribution in [-0.4, -0.2) is 71.2 Å². The maximum Gasteiger partial charge on any atom is 0.305 e. The number of amides is 1. The molecule has 3 saturated heterocycles. The van der Waals surface area contributed by atoms with E-state index in [9.17, 15) is 19.5 Å². The van der Waals surface area contributed by atoms with Crippen molar-refractivity contribution in [1.29, 1.82) is 0 Å². The summed E-state index contributed by atoms with van der Waals surface area (Å²) in [6.45, 7) is 11.2. The Labute approximate surface area is 225 Å². The predicted octanol–water partition coefficient (Wildman–Crippen LogP) is 3.86. The summed E-state index contributed by atoms with van der Waals surface area (Å²) >= 11 is 0. The first-order chi connectivity index (χ1) is 17.9. The highest BCUT2D eigenvalue weighted by Crippen LogP contribution is 2.48. The first kappa shape index (κ1) is 30.1. The fraction of sp³-hybridized carbons (Fsp3) is 0.690. The van der Waals surface area contributed by atoms with Gasteiger partial charge in [0, 0.05) is 25.8 Å². The van der Waals surface area contributed by atoms with E-state index in [0.717, 1.165) is 24.8 Å². The zero-order chi connectivity index (χ0) is 28.0. The standard InChI is InChI=1S/C29H43NO8/c1-17(7-10-23-15-29(21(5)38-29)16-24(37-23)14-28(33)34)8-11-26-18(2)13-25(20(4)36-26)30-27(32)12-9-19(3)35-22(6)31/h7-10,12,18-21,23-26H,11,13-16H2,1-6H3,(H,30,32)(H,33,34)/b10-7+,12-9-,17-8+/t18-,19-,20+,21+,23+,24?,25+,26-,29+/m0/s1. The van der Waals surface area contributed by atoms with Crippen molar-refractivity contribution in [3.05, 3.63) is 36.0 Å². The molecular weight excluding hydrogens is 490 g/mol. The van der Waals surface area contributed by atoms with Crippen LogP contribution < -0.4 is 5.32 Å². The topological polar surface area (TPSA) is 124 Å². The molecule has 3 fully saturated rings. The van der Waals surface area contributed by atoms with Crippen LogP contribution in [0.25, 0.3) is 0 Å². The smallest absolute Gasteiger partial charge is 0.305 e. The number of carboxylic acid groups (broad SMARTS) is 1. The van der Waals surface area contributed by atoms with Crippen molar-refractivity contribution in [3.8, 4) is 0 Å². The minimum atomic E-state index is -0.859. The van der Waals surface area contributed by atoms with Crippen molar-refractivity contribution < 1.29 is 38.4 Å². The van der Waals surface area contributed by atoms with Gasteiger partial charge in [-0.3, -0.25) is 14.4 Å². The molecule has 0 aromatic rings. The van der Waals surface area contributed by atoms with Crippen LogP contribution in [0.3, 0.4) is 0 Å². The Balaban J connectivity index is 1.48. The third kappa shape index (κ3) is 8.78. The number of allylic oxidation sites excluding steroid dienone is 2. The molecule has 3 aliphatic heterocycles. The number of rotatable bonds is 10. The Morgan fingerprint density at radius 3 is 2.47 bits per heavy atom. The molecule has 9 heteroatoms. The van der Waals surface area contributed by atoms with Gasteiger partial charge in [0.05, 0.1) is 48.6 Å². The molecule has 1 spiro atoms. The van der Waals surface area contributed by atoms with Crippen LogP contribution in [0.5, 0.6) is 0 Å². The maximum atomic E-state index is 12.3. The van der Waals surface area contributed by atoms with E-state index in [1.54, 1.807) is 13.0 Å². The summed E-state index contributed by atoms with van der Waals surface area (Å²) in [7, 11) is 0. The van der Waals surface area contributed by atoms with E-state index in [0.29, 0.717) is 6.42 Å². The molecule has 0 saturated carbocycles. The number of carbonyl (C=O) groups is 3. The molecule has 3 aliphatic rings. The number of hydrogen-bond acceptors (Lipinski definition) is 7. The molecule has 0 radical (unpaired) electrons. The number of nitrogens with one attached hydrogen (secondary N) is 1. The molecule has 212 valence electrons. The quantitative estimate of drug-likeness (QED) is 0.188. The molecule has 1 unspecified atom stereocenters. The number of epoxide rings is 1. The molecule has 0 bridgehead atoms. The van der Waals surface area contributed by atoms with Crippen LogP contribution in [0.1, 0.15) is 73.6 Å². The van der Waals surface area contributed by atoms with E-state index in [2.05, 4.69) is 18.3 Å². The number of hydrogen-bond donors (Lipinski definition) is 2. The number of ether oxygens (including phenoxy) is 4. The van der Waals surface area contributed by atoms with Crippen molar-refractivity contribution >= 4 is 17.8 Å². The van der Waals surface area contributed by atoms with Gasteiger partial charge in [-0.15, -0.1) is 0 Å². The van der Waals surface area contributed by atoms with Gasteiger partial charge < -0.3 is 29.4 Å². The highest BCUT2D eigenvalue weighted by atomic mass is 16.6. The lowest BCUT2D eigenvalue weighted by molar-refractivity contribution is -0.144. The van der Waals surface area contributed by atoms with E-state index >= 15 is 0 Å². The Kier molecular flexibility index (Phi) is 10.3. The van der Waals surface area contributed by atoms with E-state index < -0.39 is 12.1 Å². The van der Waals surface area contributed by atoms with E-state index in [-0.39, 0.29) is 66.4 Å². The molecule has 9 nitrogen and oxygen atoms in total. The van der Waals surface area contributed by atoms with Crippen molar-refractivity contribution in [3.63, 3.8) is 0 Å². The largest absolute Gasteiger partial charge is 0.481 e. The average molecular weight is 534 g/mol. The first-order valence-corrected chi connectivity index (χ1v) is 13.6. The second kappa shape index (κ2) is 13.0. The van der Waals surface area contributed by atoms with Crippen molar-refractivity contribution in [1.82, 2.24) is 5.32 Å². The van der Waals surface area contributed by atoms with Gasteiger partial charge in [-0.2, -0.15) is 0 Å². The number of carboxylic acids is 1. The van der Waals surface area contributed by atoms with Gasteiger partial charge in [-0.05, 0) is 52.5 Å². The highest BCUT2D eigenvalue weighted by molar-refractivity contribution is 5.87. The van der Waals surface area contributed by atoms with Gasteiger partial charge in [-0.1, -0.05) is 30.7 Å². The van der Waals surface area contributed by atoms with Gasteiger partial charge in [-0.25, -0.2) is 0 Å². The molecule has 0 aromatic carbocycles. The Bertz CT molecular complexity index is 958. The lowest BCUT2D eigenvalue weighted by Gasteiger charge is -2.39. The number of esters is 1. The Morgan fingerprint density at radius 2 is 1.84 bits per heavy atom. The predicted molar refractivity (Wildman–Crippen MR) is 141 cm³/mol. The molecule has 3 heterocycles. The summed E-state index contributed by atoms with van der Waals surface area (Å²) in [4.78, 5) is 34.5. The molecule has 38 heavy (non-hydrogen) atoms. The van der Waals surface area contributed by atoms with Gasteiger partial charge in [0.15, 0.2) is 0 Å². The molecule has 1 amide bonds. The molecule has 9 atom stereocenters. The first-order valence-electron chi connectivity index (χ1n) is 13.6. The zero-order valence-corrected chi connectivity index (χ0v) is 23.3. The molecule has 0 aliphatic carbocycles. The third-order valence-electron chi connectivity index (χ3n) is 7.65. The molecule has 0 aromatic heterocycles. The molecular formula is C29H43NO8.